The van der Waals surface area contributed by atoms with Gasteiger partial charge in [-0.3, -0.25) is 4.57 Å². The number of aliphatic hydroxyl groups excluding tert-OH is 3. The van der Waals surface area contributed by atoms with Gasteiger partial charge in [-0.05, 0) is 36.8 Å². The fraction of sp³-hybridized carbons (Fsp3) is 0.440. The molecule has 0 radical (unpaired) electrons. The van der Waals surface area contributed by atoms with Gasteiger partial charge in [-0.25, -0.2) is 19.7 Å². The number of carbonyl (C=O) groups excluding carboxylic acids is 1. The van der Waals surface area contributed by atoms with Gasteiger partial charge in [0.15, 0.2) is 17.7 Å². The number of imidazole rings is 1. The third-order valence-corrected chi connectivity index (χ3v) is 6.65. The molecule has 2 unspecified atom stereocenters. The van der Waals surface area contributed by atoms with E-state index in [1.165, 1.54) is 10.9 Å². The highest BCUT2D eigenvalue weighted by atomic mass is 16.6. The lowest BCUT2D eigenvalue weighted by Gasteiger charge is -2.30. The first-order chi connectivity index (χ1) is 17.9. The third kappa shape index (κ3) is 5.21. The molecule has 2 fully saturated rings. The molecule has 2 aliphatic rings. The van der Waals surface area contributed by atoms with Crippen LogP contribution in [0.15, 0.2) is 36.7 Å². The number of piperidine rings is 1. The van der Waals surface area contributed by atoms with Crippen LogP contribution in [0.25, 0.3) is 11.2 Å². The Kier molecular flexibility index (Phi) is 7.20. The molecule has 12 heteroatoms. The molecule has 3 aromatic rings. The van der Waals surface area contributed by atoms with Gasteiger partial charge >= 0.3 is 6.09 Å². The van der Waals surface area contributed by atoms with Crippen LogP contribution in [-0.2, 0) is 4.74 Å². The van der Waals surface area contributed by atoms with E-state index in [2.05, 4.69) is 26.8 Å². The molecule has 1 aromatic carbocycles. The number of aliphatic hydroxyl groups is 3. The van der Waals surface area contributed by atoms with Crippen LogP contribution < -0.4 is 10.5 Å². The molecule has 5 N–H and O–H groups in total. The molecular weight excluding hydrogens is 480 g/mol. The van der Waals surface area contributed by atoms with Crippen molar-refractivity contribution in [3.63, 3.8) is 0 Å². The van der Waals surface area contributed by atoms with Gasteiger partial charge in [0.1, 0.15) is 29.6 Å². The highest BCUT2D eigenvalue weighted by molar-refractivity contribution is 5.82. The second-order valence-corrected chi connectivity index (χ2v) is 9.10. The summed E-state index contributed by atoms with van der Waals surface area (Å²) < 4.78 is 12.4. The number of ether oxygens (including phenoxy) is 2. The van der Waals surface area contributed by atoms with Crippen molar-refractivity contribution in [2.45, 2.75) is 43.8 Å². The molecule has 2 saturated heterocycles. The molecule has 2 aromatic heterocycles. The van der Waals surface area contributed by atoms with E-state index < -0.39 is 31.1 Å². The number of fused-ring (bicyclic) bond motifs is 1. The number of amides is 1. The summed E-state index contributed by atoms with van der Waals surface area (Å²) in [5, 5.41) is 29.8. The molecular formula is C25H28N6O6. The van der Waals surface area contributed by atoms with Crippen LogP contribution in [0.2, 0.25) is 0 Å². The zero-order valence-electron chi connectivity index (χ0n) is 20.0. The summed E-state index contributed by atoms with van der Waals surface area (Å²) in [7, 11) is 0. The average molecular weight is 509 g/mol. The van der Waals surface area contributed by atoms with Gasteiger partial charge in [0.05, 0.1) is 12.9 Å². The van der Waals surface area contributed by atoms with Crippen molar-refractivity contribution in [2.24, 2.45) is 5.92 Å². The van der Waals surface area contributed by atoms with Gasteiger partial charge in [0, 0.05) is 19.5 Å². The van der Waals surface area contributed by atoms with Crippen molar-refractivity contribution < 1.29 is 29.6 Å². The highest BCUT2D eigenvalue weighted by Crippen LogP contribution is 2.32. The quantitative estimate of drug-likeness (QED) is 0.368. The molecule has 4 heterocycles. The number of nitrogens with zero attached hydrogens (tertiary/aromatic N) is 5. The smallest absolute Gasteiger partial charge is 0.410 e. The number of hydrogen-bond donors (Lipinski definition) is 4. The van der Waals surface area contributed by atoms with E-state index in [-0.39, 0.29) is 17.7 Å². The van der Waals surface area contributed by atoms with Gasteiger partial charge < -0.3 is 35.4 Å². The maximum Gasteiger partial charge on any atom is 0.415 e. The lowest BCUT2D eigenvalue weighted by atomic mass is 9.94. The van der Waals surface area contributed by atoms with Crippen molar-refractivity contribution in [1.29, 1.82) is 0 Å². The SMILES string of the molecule is Nc1nc(C#CCC2CCN(C(=O)Oc3ccccc3)CC2)nc2c1ncn2C1OC(CO)[C@H](O)[C@@H]1O. The number of anilines is 1. The second kappa shape index (κ2) is 10.7. The molecule has 194 valence electrons. The molecule has 5 rings (SSSR count). The standard InChI is InChI=1S/C25H28N6O6/c26-22-19-23(31(14-27-19)24-21(34)20(33)17(13-32)37-24)29-18(28-22)8-4-5-15-9-11-30(12-10-15)25(35)36-16-6-2-1-3-7-16/h1-3,6-7,14-15,17,20-21,24,32-34H,5,9-13H2,(H2,26,28,29)/t17?,20-,21-,24?/m0/s1. The zero-order chi connectivity index (χ0) is 25.9. The van der Waals surface area contributed by atoms with Crippen LogP contribution in [0.3, 0.4) is 0 Å². The number of rotatable bonds is 4. The van der Waals surface area contributed by atoms with Gasteiger partial charge in [-0.15, -0.1) is 0 Å². The van der Waals surface area contributed by atoms with Crippen LogP contribution >= 0.6 is 0 Å². The van der Waals surface area contributed by atoms with Crippen molar-refractivity contribution >= 4 is 23.1 Å². The Morgan fingerprint density at radius 1 is 1.16 bits per heavy atom. The van der Waals surface area contributed by atoms with Crippen molar-refractivity contribution in [1.82, 2.24) is 24.4 Å². The maximum absolute atomic E-state index is 12.4. The third-order valence-electron chi connectivity index (χ3n) is 6.65. The summed E-state index contributed by atoms with van der Waals surface area (Å²) in [6, 6.07) is 9.00. The molecule has 12 nitrogen and oxygen atoms in total. The Balaban J connectivity index is 1.21. The monoisotopic (exact) mass is 508 g/mol. The predicted octanol–water partition coefficient (Wildman–Crippen LogP) is 0.673. The largest absolute Gasteiger partial charge is 0.415 e. The number of hydrogen-bond acceptors (Lipinski definition) is 10. The lowest BCUT2D eigenvalue weighted by molar-refractivity contribution is -0.0511. The second-order valence-electron chi connectivity index (χ2n) is 9.10. The minimum atomic E-state index is -1.28. The number of nitrogens with two attached hydrogens (primary N) is 1. The van der Waals surface area contributed by atoms with Crippen LogP contribution in [0, 0.1) is 17.8 Å². The van der Waals surface area contributed by atoms with Crippen LogP contribution in [0.1, 0.15) is 31.3 Å². The Hall–Kier alpha value is -3.76. The van der Waals surface area contributed by atoms with Crippen molar-refractivity contribution in [3.8, 4) is 17.6 Å². The minimum absolute atomic E-state index is 0.130. The van der Waals surface area contributed by atoms with Gasteiger partial charge in [0.25, 0.3) is 0 Å². The normalized spacial score (nSPS) is 24.1. The van der Waals surface area contributed by atoms with Crippen LogP contribution in [0.4, 0.5) is 10.6 Å². The minimum Gasteiger partial charge on any atom is -0.410 e. The number of carbonyl (C=O) groups is 1. The predicted molar refractivity (Wildman–Crippen MR) is 131 cm³/mol. The van der Waals surface area contributed by atoms with E-state index in [0.717, 1.165) is 12.8 Å². The summed E-state index contributed by atoms with van der Waals surface area (Å²) in [4.78, 5) is 26.9. The number of likely N-dealkylation sites (tertiary alicyclic amines) is 1. The zero-order valence-corrected chi connectivity index (χ0v) is 20.0. The van der Waals surface area contributed by atoms with E-state index in [0.29, 0.717) is 42.3 Å². The van der Waals surface area contributed by atoms with Crippen molar-refractivity contribution in [3.05, 3.63) is 42.5 Å². The highest BCUT2D eigenvalue weighted by Gasteiger charge is 2.44. The Bertz CT molecular complexity index is 1310. The maximum atomic E-state index is 12.4. The molecule has 0 saturated carbocycles. The topological polar surface area (TPSA) is 169 Å². The number of aromatic nitrogens is 4. The van der Waals surface area contributed by atoms with E-state index >= 15 is 0 Å². The summed E-state index contributed by atoms with van der Waals surface area (Å²) in [5.41, 5.74) is 6.68. The summed E-state index contributed by atoms with van der Waals surface area (Å²) >= 11 is 0. The van der Waals surface area contributed by atoms with E-state index in [9.17, 15) is 20.1 Å². The molecule has 4 atom stereocenters. The Labute approximate surface area is 212 Å². The lowest BCUT2D eigenvalue weighted by Crippen LogP contribution is -2.40. The molecule has 0 aliphatic carbocycles. The fourth-order valence-electron chi connectivity index (χ4n) is 4.54. The van der Waals surface area contributed by atoms with Gasteiger partial charge in [-0.2, -0.15) is 0 Å². The summed E-state index contributed by atoms with van der Waals surface area (Å²) in [5.74, 6) is 7.23. The molecule has 0 spiro atoms. The number of benzene rings is 1. The van der Waals surface area contributed by atoms with Crippen molar-refractivity contribution in [2.75, 3.05) is 25.4 Å². The molecule has 2 aliphatic heterocycles. The molecule has 37 heavy (non-hydrogen) atoms. The summed E-state index contributed by atoms with van der Waals surface area (Å²) in [6.07, 6.45) is -1.20. The van der Waals surface area contributed by atoms with E-state index in [1.807, 2.05) is 18.2 Å². The van der Waals surface area contributed by atoms with E-state index in [4.69, 9.17) is 15.2 Å². The van der Waals surface area contributed by atoms with Crippen LogP contribution in [0.5, 0.6) is 5.75 Å². The average Bonchev–Trinajstić information content (AvgIpc) is 3.45. The van der Waals surface area contributed by atoms with Gasteiger partial charge in [-0.1, -0.05) is 24.1 Å². The first kappa shape index (κ1) is 24.9. The molecule has 0 bridgehead atoms. The summed E-state index contributed by atoms with van der Waals surface area (Å²) in [6.45, 7) is 0.746. The first-order valence-corrected chi connectivity index (χ1v) is 12.1. The van der Waals surface area contributed by atoms with Gasteiger partial charge in [0.2, 0.25) is 5.82 Å². The van der Waals surface area contributed by atoms with E-state index in [1.54, 1.807) is 17.0 Å². The Morgan fingerprint density at radius 2 is 1.92 bits per heavy atom. The Morgan fingerprint density at radius 3 is 2.62 bits per heavy atom. The first-order valence-electron chi connectivity index (χ1n) is 12.1. The number of nitrogen functional groups attached to an aromatic ring is 1. The molecule has 1 amide bonds. The fourth-order valence-corrected chi connectivity index (χ4v) is 4.54. The number of para-hydroxylation sites is 1. The van der Waals surface area contributed by atoms with Crippen LogP contribution in [-0.4, -0.2) is 83.8 Å².